The zero-order valence-electron chi connectivity index (χ0n) is 9.06. The Morgan fingerprint density at radius 3 is 2.38 bits per heavy atom. The van der Waals surface area contributed by atoms with Gasteiger partial charge in [-0.1, -0.05) is 0 Å². The van der Waals surface area contributed by atoms with Crippen LogP contribution in [0.2, 0.25) is 0 Å². The molecule has 0 saturated carbocycles. The first-order chi connectivity index (χ1) is 7.52. The molecule has 94 valence electrons. The lowest BCUT2D eigenvalue weighted by molar-refractivity contribution is -0.142. The molecule has 0 aromatic rings. The van der Waals surface area contributed by atoms with Crippen molar-refractivity contribution < 1.29 is 19.8 Å². The fraction of sp³-hybridized carbons (Fsp3) is 0.778. The highest BCUT2D eigenvalue weighted by Gasteiger charge is 2.22. The summed E-state index contributed by atoms with van der Waals surface area (Å²) in [4.78, 5) is 22.0. The lowest BCUT2D eigenvalue weighted by atomic mass is 10.1. The average molecular weight is 233 g/mol. The number of carboxylic acids is 1. The number of amides is 1. The van der Waals surface area contributed by atoms with Crippen LogP contribution in [-0.4, -0.2) is 47.3 Å². The van der Waals surface area contributed by atoms with E-state index in [-0.39, 0.29) is 0 Å². The van der Waals surface area contributed by atoms with E-state index in [1.807, 2.05) is 0 Å². The standard InChI is InChI=1S/C9H19N3O4/c10-4-2-1-3-7(9(15)16)12-8(14)6(11)5-13/h6-7,13H,1-5,10-11H2,(H,12,14)(H,15,16)/t6-,7+/m1/s1. The second kappa shape index (κ2) is 8.03. The van der Waals surface area contributed by atoms with Gasteiger partial charge in [-0.2, -0.15) is 0 Å². The largest absolute Gasteiger partial charge is 0.480 e. The predicted molar refractivity (Wildman–Crippen MR) is 57.5 cm³/mol. The maximum Gasteiger partial charge on any atom is 0.326 e. The molecule has 0 aliphatic heterocycles. The molecule has 0 fully saturated rings. The molecule has 0 spiro atoms. The number of carboxylic acid groups (broad SMARTS) is 1. The number of rotatable bonds is 8. The molecule has 0 heterocycles. The molecule has 0 aromatic heterocycles. The summed E-state index contributed by atoms with van der Waals surface area (Å²) >= 11 is 0. The first-order valence-electron chi connectivity index (χ1n) is 5.12. The minimum absolute atomic E-state index is 0.302. The van der Waals surface area contributed by atoms with Gasteiger partial charge in [0.2, 0.25) is 5.91 Å². The van der Waals surface area contributed by atoms with Gasteiger partial charge in [0, 0.05) is 0 Å². The van der Waals surface area contributed by atoms with Crippen molar-refractivity contribution in [2.24, 2.45) is 11.5 Å². The molecule has 0 aliphatic rings. The lowest BCUT2D eigenvalue weighted by Crippen LogP contribution is -2.49. The van der Waals surface area contributed by atoms with E-state index in [1.54, 1.807) is 0 Å². The molecule has 7 N–H and O–H groups in total. The third-order valence-corrected chi connectivity index (χ3v) is 2.09. The van der Waals surface area contributed by atoms with Gasteiger partial charge in [-0.3, -0.25) is 4.79 Å². The van der Waals surface area contributed by atoms with Crippen molar-refractivity contribution in [3.8, 4) is 0 Å². The maximum atomic E-state index is 11.2. The van der Waals surface area contributed by atoms with E-state index < -0.39 is 30.6 Å². The number of carbonyl (C=O) groups is 2. The molecule has 7 nitrogen and oxygen atoms in total. The number of hydrogen-bond acceptors (Lipinski definition) is 5. The average Bonchev–Trinajstić information content (AvgIpc) is 2.26. The summed E-state index contributed by atoms with van der Waals surface area (Å²) in [7, 11) is 0. The summed E-state index contributed by atoms with van der Waals surface area (Å²) in [6, 6.07) is -2.06. The second-order valence-electron chi connectivity index (χ2n) is 3.47. The molecule has 2 atom stereocenters. The number of unbranched alkanes of at least 4 members (excludes halogenated alkanes) is 1. The van der Waals surface area contributed by atoms with Crippen molar-refractivity contribution in [2.75, 3.05) is 13.2 Å². The number of carbonyl (C=O) groups excluding carboxylic acids is 1. The van der Waals surface area contributed by atoms with Gasteiger partial charge in [-0.05, 0) is 25.8 Å². The van der Waals surface area contributed by atoms with Gasteiger partial charge in [0.25, 0.3) is 0 Å². The summed E-state index contributed by atoms with van der Waals surface area (Å²) in [5.74, 6) is -1.78. The molecule has 0 aliphatic carbocycles. The Morgan fingerprint density at radius 1 is 1.31 bits per heavy atom. The van der Waals surface area contributed by atoms with E-state index >= 15 is 0 Å². The smallest absolute Gasteiger partial charge is 0.326 e. The van der Waals surface area contributed by atoms with Gasteiger partial charge >= 0.3 is 5.97 Å². The fourth-order valence-corrected chi connectivity index (χ4v) is 1.11. The zero-order chi connectivity index (χ0) is 12.6. The predicted octanol–water partition coefficient (Wildman–Crippen LogP) is -2.00. The number of aliphatic hydroxyl groups excluding tert-OH is 1. The third kappa shape index (κ3) is 5.64. The summed E-state index contributed by atoms with van der Waals surface area (Å²) in [5.41, 5.74) is 10.5. The fourth-order valence-electron chi connectivity index (χ4n) is 1.11. The van der Waals surface area contributed by atoms with Crippen LogP contribution in [0.25, 0.3) is 0 Å². The van der Waals surface area contributed by atoms with Crippen LogP contribution in [0.5, 0.6) is 0 Å². The van der Waals surface area contributed by atoms with Crippen molar-refractivity contribution in [3.05, 3.63) is 0 Å². The van der Waals surface area contributed by atoms with Gasteiger partial charge in [0.05, 0.1) is 6.61 Å². The Hall–Kier alpha value is -1.18. The summed E-state index contributed by atoms with van der Waals surface area (Å²) in [6.45, 7) is -0.0303. The molecule has 0 saturated heterocycles. The van der Waals surface area contributed by atoms with Gasteiger partial charge in [-0.25, -0.2) is 4.79 Å². The van der Waals surface area contributed by atoms with Crippen LogP contribution in [-0.2, 0) is 9.59 Å². The van der Waals surface area contributed by atoms with Crippen molar-refractivity contribution in [2.45, 2.75) is 31.3 Å². The molecule has 0 radical (unpaired) electrons. The zero-order valence-corrected chi connectivity index (χ0v) is 9.06. The van der Waals surface area contributed by atoms with Crippen molar-refractivity contribution >= 4 is 11.9 Å². The Morgan fingerprint density at radius 2 is 1.94 bits per heavy atom. The van der Waals surface area contributed by atoms with Crippen LogP contribution in [0.4, 0.5) is 0 Å². The van der Waals surface area contributed by atoms with Crippen LogP contribution >= 0.6 is 0 Å². The van der Waals surface area contributed by atoms with E-state index in [0.717, 1.165) is 0 Å². The van der Waals surface area contributed by atoms with Crippen molar-refractivity contribution in [1.29, 1.82) is 0 Å². The van der Waals surface area contributed by atoms with Crippen LogP contribution in [0, 0.1) is 0 Å². The molecule has 0 bridgehead atoms. The van der Waals surface area contributed by atoms with Crippen LogP contribution in [0.1, 0.15) is 19.3 Å². The highest BCUT2D eigenvalue weighted by Crippen LogP contribution is 2.01. The second-order valence-corrected chi connectivity index (χ2v) is 3.47. The van der Waals surface area contributed by atoms with Gasteiger partial charge < -0.3 is 27.0 Å². The van der Waals surface area contributed by atoms with Gasteiger partial charge in [0.15, 0.2) is 0 Å². The van der Waals surface area contributed by atoms with Crippen LogP contribution in [0.3, 0.4) is 0 Å². The number of aliphatic hydroxyl groups is 1. The Labute approximate surface area is 93.8 Å². The molecule has 0 aromatic carbocycles. The minimum atomic E-state index is -1.12. The molecular weight excluding hydrogens is 214 g/mol. The van der Waals surface area contributed by atoms with E-state index in [2.05, 4.69) is 5.32 Å². The first kappa shape index (κ1) is 14.8. The number of nitrogens with two attached hydrogens (primary N) is 2. The number of aliphatic carboxylic acids is 1. The topological polar surface area (TPSA) is 139 Å². The van der Waals surface area contributed by atoms with Gasteiger partial charge in [0.1, 0.15) is 12.1 Å². The monoisotopic (exact) mass is 233 g/mol. The molecule has 0 rings (SSSR count). The Balaban J connectivity index is 4.12. The van der Waals surface area contributed by atoms with Crippen LogP contribution in [0.15, 0.2) is 0 Å². The van der Waals surface area contributed by atoms with Crippen molar-refractivity contribution in [1.82, 2.24) is 5.32 Å². The number of nitrogens with one attached hydrogen (secondary N) is 1. The number of hydrogen-bond donors (Lipinski definition) is 5. The molecular formula is C9H19N3O4. The SMILES string of the molecule is NCCCC[C@H](NC(=O)[C@H](N)CO)C(=O)O. The molecule has 16 heavy (non-hydrogen) atoms. The quantitative estimate of drug-likeness (QED) is 0.307. The summed E-state index contributed by atoms with van der Waals surface area (Å²) in [5, 5.41) is 19.7. The van der Waals surface area contributed by atoms with E-state index in [4.69, 9.17) is 21.7 Å². The van der Waals surface area contributed by atoms with Crippen molar-refractivity contribution in [3.63, 3.8) is 0 Å². The maximum absolute atomic E-state index is 11.2. The van der Waals surface area contributed by atoms with E-state index in [9.17, 15) is 9.59 Å². The summed E-state index contributed by atoms with van der Waals surface area (Å²) < 4.78 is 0. The first-order valence-corrected chi connectivity index (χ1v) is 5.12. The highest BCUT2D eigenvalue weighted by atomic mass is 16.4. The summed E-state index contributed by atoms with van der Waals surface area (Å²) in [6.07, 6.45) is 1.62. The van der Waals surface area contributed by atoms with E-state index in [0.29, 0.717) is 25.8 Å². The van der Waals surface area contributed by atoms with Gasteiger partial charge in [-0.15, -0.1) is 0 Å². The van der Waals surface area contributed by atoms with Crippen LogP contribution < -0.4 is 16.8 Å². The third-order valence-electron chi connectivity index (χ3n) is 2.09. The Kier molecular flexibility index (Phi) is 7.44. The normalized spacial score (nSPS) is 14.2. The highest BCUT2D eigenvalue weighted by molar-refractivity contribution is 5.86. The lowest BCUT2D eigenvalue weighted by Gasteiger charge is -2.16. The minimum Gasteiger partial charge on any atom is -0.480 e. The van der Waals surface area contributed by atoms with E-state index in [1.165, 1.54) is 0 Å². The molecule has 1 amide bonds. The molecule has 7 heteroatoms. The molecule has 0 unspecified atom stereocenters. The Bertz CT molecular complexity index is 235.